The molecule has 0 saturated heterocycles. The maximum atomic E-state index is 11.9. The summed E-state index contributed by atoms with van der Waals surface area (Å²) in [5.74, 6) is 0.380. The average Bonchev–Trinajstić information content (AvgIpc) is 3.25. The summed E-state index contributed by atoms with van der Waals surface area (Å²) in [5.41, 5.74) is 9.81. The molecule has 3 aromatic rings. The number of hydrogen-bond donors (Lipinski definition) is 1. The fourth-order valence-electron chi connectivity index (χ4n) is 3.53. The summed E-state index contributed by atoms with van der Waals surface area (Å²) in [5, 5.41) is 8.86. The number of amides is 1. The fourth-order valence-corrected chi connectivity index (χ4v) is 3.53. The van der Waals surface area contributed by atoms with Crippen molar-refractivity contribution in [2.75, 3.05) is 11.4 Å². The van der Waals surface area contributed by atoms with Gasteiger partial charge in [0.1, 0.15) is 5.82 Å². The Balaban J connectivity index is 1.62. The molecule has 0 spiro atoms. The van der Waals surface area contributed by atoms with E-state index in [2.05, 4.69) is 33.9 Å². The van der Waals surface area contributed by atoms with E-state index in [-0.39, 0.29) is 6.04 Å². The van der Waals surface area contributed by atoms with Crippen molar-refractivity contribution in [3.63, 3.8) is 0 Å². The highest BCUT2D eigenvalue weighted by Crippen LogP contribution is 2.27. The number of primary amides is 1. The van der Waals surface area contributed by atoms with Crippen LogP contribution in [0.2, 0.25) is 0 Å². The number of carbonyl (C=O) groups is 1. The summed E-state index contributed by atoms with van der Waals surface area (Å²) in [7, 11) is 0. The molecule has 0 fully saturated rings. The second-order valence-electron chi connectivity index (χ2n) is 7.12. The van der Waals surface area contributed by atoms with E-state index >= 15 is 0 Å². The van der Waals surface area contributed by atoms with E-state index in [0.717, 1.165) is 41.4 Å². The van der Waals surface area contributed by atoms with Crippen molar-refractivity contribution in [1.82, 2.24) is 24.5 Å². The lowest BCUT2D eigenvalue weighted by atomic mass is 10.0. The van der Waals surface area contributed by atoms with Crippen molar-refractivity contribution in [3.8, 4) is 5.69 Å². The molecule has 4 rings (SSSR count). The van der Waals surface area contributed by atoms with Gasteiger partial charge in [0.2, 0.25) is 0 Å². The Kier molecular flexibility index (Phi) is 4.18. The predicted octanol–water partition coefficient (Wildman–Crippen LogP) is 2.01. The van der Waals surface area contributed by atoms with Gasteiger partial charge in [-0.1, -0.05) is 0 Å². The van der Waals surface area contributed by atoms with Crippen LogP contribution < -0.4 is 10.6 Å². The van der Waals surface area contributed by atoms with E-state index in [1.165, 1.54) is 0 Å². The molecule has 27 heavy (non-hydrogen) atoms. The van der Waals surface area contributed by atoms with Crippen molar-refractivity contribution in [2.45, 2.75) is 39.8 Å². The number of nitrogens with two attached hydrogens (primary N) is 1. The van der Waals surface area contributed by atoms with Gasteiger partial charge in [0.05, 0.1) is 17.6 Å². The Bertz CT molecular complexity index is 984. The predicted molar refractivity (Wildman–Crippen MR) is 102 cm³/mol. The van der Waals surface area contributed by atoms with Crippen molar-refractivity contribution >= 4 is 11.7 Å². The third-order valence-electron chi connectivity index (χ3n) is 4.85. The number of rotatable bonds is 4. The van der Waals surface area contributed by atoms with Crippen LogP contribution in [-0.4, -0.2) is 37.0 Å². The van der Waals surface area contributed by atoms with Crippen LogP contribution >= 0.6 is 0 Å². The van der Waals surface area contributed by atoms with Crippen LogP contribution in [0, 0.1) is 6.92 Å². The molecular formula is C19H23N7O. The van der Waals surface area contributed by atoms with Crippen molar-refractivity contribution in [2.24, 2.45) is 5.73 Å². The van der Waals surface area contributed by atoms with Gasteiger partial charge in [-0.05, 0) is 39.0 Å². The van der Waals surface area contributed by atoms with Gasteiger partial charge in [0.15, 0.2) is 5.69 Å². The first kappa shape index (κ1) is 17.3. The Labute approximate surface area is 157 Å². The molecule has 0 radical (unpaired) electrons. The summed E-state index contributed by atoms with van der Waals surface area (Å²) in [4.78, 5) is 18.6. The highest BCUT2D eigenvalue weighted by Gasteiger charge is 2.28. The number of pyridine rings is 1. The van der Waals surface area contributed by atoms with Crippen molar-refractivity contribution < 1.29 is 4.79 Å². The van der Waals surface area contributed by atoms with Gasteiger partial charge < -0.3 is 10.6 Å². The first-order valence-electron chi connectivity index (χ1n) is 9.07. The molecule has 0 unspecified atom stereocenters. The number of aryl methyl sites for hydroxylation is 1. The van der Waals surface area contributed by atoms with Crippen LogP contribution in [0.1, 0.15) is 47.3 Å². The third kappa shape index (κ3) is 3.07. The lowest BCUT2D eigenvalue weighted by Gasteiger charge is -2.29. The maximum Gasteiger partial charge on any atom is 0.269 e. The minimum atomic E-state index is -0.482. The normalized spacial score (nSPS) is 13.9. The Morgan fingerprint density at radius 2 is 2.04 bits per heavy atom. The van der Waals surface area contributed by atoms with Gasteiger partial charge in [0.25, 0.3) is 5.91 Å². The SMILES string of the molecule is Cc1ccn(-c2ccc(N3CCc4c(c(C(N)=O)nn4C(C)C)C3)nc2)n1. The average molecular weight is 365 g/mol. The minimum Gasteiger partial charge on any atom is -0.364 e. The number of nitrogens with zero attached hydrogens (tertiary/aromatic N) is 6. The molecule has 0 aromatic carbocycles. The van der Waals surface area contributed by atoms with Gasteiger partial charge in [0, 0.05) is 43.0 Å². The first-order chi connectivity index (χ1) is 12.9. The molecule has 140 valence electrons. The first-order valence-corrected chi connectivity index (χ1v) is 9.07. The molecule has 0 saturated carbocycles. The standard InChI is InChI=1S/C19H23N7O/c1-12(2)26-16-7-8-24(11-15(16)18(23-26)19(20)27)17-5-4-14(10-21-17)25-9-6-13(3)22-25/h4-6,9-10,12H,7-8,11H2,1-3H3,(H2,20,27). The smallest absolute Gasteiger partial charge is 0.269 e. The van der Waals surface area contributed by atoms with E-state index in [1.807, 2.05) is 42.2 Å². The summed E-state index contributed by atoms with van der Waals surface area (Å²) >= 11 is 0. The zero-order valence-electron chi connectivity index (χ0n) is 15.8. The molecule has 2 N–H and O–H groups in total. The number of fused-ring (bicyclic) bond motifs is 1. The Morgan fingerprint density at radius 1 is 1.22 bits per heavy atom. The van der Waals surface area contributed by atoms with Crippen LogP contribution in [0.15, 0.2) is 30.6 Å². The monoisotopic (exact) mass is 365 g/mol. The number of anilines is 1. The van der Waals surface area contributed by atoms with Gasteiger partial charge in [-0.3, -0.25) is 9.48 Å². The highest BCUT2D eigenvalue weighted by atomic mass is 16.1. The van der Waals surface area contributed by atoms with Crippen LogP contribution in [0.5, 0.6) is 0 Å². The maximum absolute atomic E-state index is 11.9. The van der Waals surface area contributed by atoms with E-state index in [4.69, 9.17) is 5.73 Å². The van der Waals surface area contributed by atoms with Gasteiger partial charge >= 0.3 is 0 Å². The van der Waals surface area contributed by atoms with Crippen LogP contribution in [0.4, 0.5) is 5.82 Å². The minimum absolute atomic E-state index is 0.188. The number of carbonyl (C=O) groups excluding carboxylic acids is 1. The van der Waals surface area contributed by atoms with Crippen molar-refractivity contribution in [3.05, 3.63) is 53.2 Å². The second-order valence-corrected chi connectivity index (χ2v) is 7.12. The molecule has 1 amide bonds. The van der Waals surface area contributed by atoms with Gasteiger partial charge in [-0.2, -0.15) is 10.2 Å². The van der Waals surface area contributed by atoms with E-state index in [1.54, 1.807) is 4.68 Å². The number of aromatic nitrogens is 5. The summed E-state index contributed by atoms with van der Waals surface area (Å²) in [6.07, 6.45) is 4.53. The molecule has 0 bridgehead atoms. The molecule has 8 nitrogen and oxygen atoms in total. The molecule has 1 aliphatic heterocycles. The second kappa shape index (κ2) is 6.53. The molecule has 3 aromatic heterocycles. The third-order valence-corrected chi connectivity index (χ3v) is 4.85. The largest absolute Gasteiger partial charge is 0.364 e. The lowest BCUT2D eigenvalue weighted by molar-refractivity contribution is 0.0993. The van der Waals surface area contributed by atoms with Crippen LogP contribution in [0.3, 0.4) is 0 Å². The van der Waals surface area contributed by atoms with Crippen LogP contribution in [-0.2, 0) is 13.0 Å². The quantitative estimate of drug-likeness (QED) is 0.763. The van der Waals surface area contributed by atoms with E-state index < -0.39 is 5.91 Å². The highest BCUT2D eigenvalue weighted by molar-refractivity contribution is 5.92. The molecule has 1 aliphatic rings. The molecule has 0 atom stereocenters. The Hall–Kier alpha value is -3.16. The molecule has 0 aliphatic carbocycles. The summed E-state index contributed by atoms with van der Waals surface area (Å²) in [6.45, 7) is 7.46. The molecule has 4 heterocycles. The molecular weight excluding hydrogens is 342 g/mol. The van der Waals surface area contributed by atoms with Gasteiger partial charge in [-0.15, -0.1) is 0 Å². The zero-order valence-corrected chi connectivity index (χ0v) is 15.8. The van der Waals surface area contributed by atoms with E-state index in [9.17, 15) is 4.79 Å². The fraction of sp³-hybridized carbons (Fsp3) is 0.368. The van der Waals surface area contributed by atoms with Crippen LogP contribution in [0.25, 0.3) is 5.69 Å². The summed E-state index contributed by atoms with van der Waals surface area (Å²) in [6, 6.07) is 6.12. The number of hydrogen-bond acceptors (Lipinski definition) is 5. The van der Waals surface area contributed by atoms with Gasteiger partial charge in [-0.25, -0.2) is 9.67 Å². The topological polar surface area (TPSA) is 94.9 Å². The Morgan fingerprint density at radius 3 is 2.63 bits per heavy atom. The zero-order chi connectivity index (χ0) is 19.1. The van der Waals surface area contributed by atoms with E-state index in [0.29, 0.717) is 12.2 Å². The molecule has 8 heteroatoms. The van der Waals surface area contributed by atoms with Crippen molar-refractivity contribution in [1.29, 1.82) is 0 Å². The lowest BCUT2D eigenvalue weighted by Crippen LogP contribution is -2.32. The summed E-state index contributed by atoms with van der Waals surface area (Å²) < 4.78 is 3.72.